The van der Waals surface area contributed by atoms with Gasteiger partial charge >= 0.3 is 0 Å². The maximum absolute atomic E-state index is 10.3. The normalized spacial score (nSPS) is 31.7. The summed E-state index contributed by atoms with van der Waals surface area (Å²) in [6.45, 7) is 5.70. The van der Waals surface area contributed by atoms with Crippen molar-refractivity contribution in [3.63, 3.8) is 0 Å². The van der Waals surface area contributed by atoms with Gasteiger partial charge in [-0.2, -0.15) is 15.8 Å². The van der Waals surface area contributed by atoms with Crippen molar-refractivity contribution in [2.24, 2.45) is 22.7 Å². The molecule has 162 valence electrons. The van der Waals surface area contributed by atoms with Gasteiger partial charge in [0.25, 0.3) is 0 Å². The fourth-order valence-corrected chi connectivity index (χ4v) is 5.66. The van der Waals surface area contributed by atoms with Gasteiger partial charge in [-0.05, 0) is 30.5 Å². The molecule has 1 N–H and O–H groups in total. The molecule has 2 heterocycles. The number of fused-ring (bicyclic) bond motifs is 2. The summed E-state index contributed by atoms with van der Waals surface area (Å²) in [6, 6.07) is 11.2. The van der Waals surface area contributed by atoms with Crippen LogP contribution in [0.5, 0.6) is 0 Å². The van der Waals surface area contributed by atoms with Gasteiger partial charge in [0, 0.05) is 10.6 Å². The zero-order chi connectivity index (χ0) is 23.0. The van der Waals surface area contributed by atoms with E-state index >= 15 is 0 Å². The van der Waals surface area contributed by atoms with E-state index in [0.717, 1.165) is 19.3 Å². The standard InChI is InChI=1S/C23H24Cl2N4O2/c1-4-6-7-15(5-2)19-21(11-26,12-27)22(13-28)14(3)23(30-19,31-20(22)29)17-9-8-16(24)10-18(17)25/h8-10,14-15,19,29H,4-7H2,1-3H3. The molecule has 1 aromatic carbocycles. The number of hydrogen-bond donors (Lipinski definition) is 1. The number of nitrogens with one attached hydrogen (secondary N) is 1. The number of benzene rings is 1. The molecule has 5 atom stereocenters. The van der Waals surface area contributed by atoms with E-state index < -0.39 is 34.5 Å². The first-order valence-electron chi connectivity index (χ1n) is 10.4. The highest BCUT2D eigenvalue weighted by Gasteiger charge is 2.80. The van der Waals surface area contributed by atoms with Crippen LogP contribution < -0.4 is 0 Å². The lowest BCUT2D eigenvalue weighted by atomic mass is 9.52. The minimum atomic E-state index is -1.90. The Bertz CT molecular complexity index is 1010. The van der Waals surface area contributed by atoms with Crippen molar-refractivity contribution in [2.75, 3.05) is 0 Å². The molecule has 0 aromatic heterocycles. The predicted molar refractivity (Wildman–Crippen MR) is 116 cm³/mol. The third kappa shape index (κ3) is 2.95. The Hall–Kier alpha value is -2.30. The van der Waals surface area contributed by atoms with Gasteiger partial charge in [-0.25, -0.2) is 0 Å². The van der Waals surface area contributed by atoms with E-state index in [1.165, 1.54) is 0 Å². The van der Waals surface area contributed by atoms with E-state index in [2.05, 4.69) is 25.1 Å². The molecule has 2 aliphatic heterocycles. The van der Waals surface area contributed by atoms with Gasteiger partial charge in [-0.1, -0.05) is 63.2 Å². The summed E-state index contributed by atoms with van der Waals surface area (Å²) in [5, 5.41) is 40.2. The van der Waals surface area contributed by atoms with E-state index in [4.69, 9.17) is 38.1 Å². The molecule has 3 rings (SSSR count). The molecule has 0 spiro atoms. The monoisotopic (exact) mass is 458 g/mol. The van der Waals surface area contributed by atoms with Gasteiger partial charge in [0.1, 0.15) is 0 Å². The molecular formula is C23H24Cl2N4O2. The second-order valence-electron chi connectivity index (χ2n) is 8.24. The third-order valence-corrected chi connectivity index (χ3v) is 7.45. The Kier molecular flexibility index (Phi) is 6.28. The highest BCUT2D eigenvalue weighted by atomic mass is 35.5. The highest BCUT2D eigenvalue weighted by Crippen LogP contribution is 2.67. The Morgan fingerprint density at radius 2 is 1.84 bits per heavy atom. The Balaban J connectivity index is 2.32. The number of nitriles is 3. The van der Waals surface area contributed by atoms with Crippen LogP contribution in [0.4, 0.5) is 0 Å². The van der Waals surface area contributed by atoms with Gasteiger partial charge in [0.2, 0.25) is 11.7 Å². The van der Waals surface area contributed by atoms with E-state index in [0.29, 0.717) is 17.0 Å². The second kappa shape index (κ2) is 8.33. The molecular weight excluding hydrogens is 435 g/mol. The van der Waals surface area contributed by atoms with Gasteiger partial charge in [-0.3, -0.25) is 5.41 Å². The fraction of sp³-hybridized carbons (Fsp3) is 0.565. The maximum Gasteiger partial charge on any atom is 0.245 e. The Morgan fingerprint density at radius 1 is 1.16 bits per heavy atom. The number of rotatable bonds is 6. The van der Waals surface area contributed by atoms with Crippen molar-refractivity contribution in [1.29, 1.82) is 21.2 Å². The summed E-state index contributed by atoms with van der Waals surface area (Å²) in [5.74, 6) is -3.03. The summed E-state index contributed by atoms with van der Waals surface area (Å²) in [7, 11) is 0. The lowest BCUT2D eigenvalue weighted by molar-refractivity contribution is -0.296. The Morgan fingerprint density at radius 3 is 2.35 bits per heavy atom. The molecule has 0 amide bonds. The summed E-state index contributed by atoms with van der Waals surface area (Å²) >= 11 is 12.6. The first-order valence-corrected chi connectivity index (χ1v) is 11.1. The lowest BCUT2D eigenvalue weighted by Gasteiger charge is -2.51. The van der Waals surface area contributed by atoms with Crippen LogP contribution in [0.3, 0.4) is 0 Å². The zero-order valence-corrected chi connectivity index (χ0v) is 19.2. The van der Waals surface area contributed by atoms with Crippen LogP contribution in [0.1, 0.15) is 52.0 Å². The van der Waals surface area contributed by atoms with Crippen molar-refractivity contribution in [3.8, 4) is 18.2 Å². The van der Waals surface area contributed by atoms with Crippen molar-refractivity contribution in [3.05, 3.63) is 33.8 Å². The second-order valence-corrected chi connectivity index (χ2v) is 9.09. The predicted octanol–water partition coefficient (Wildman–Crippen LogP) is 5.95. The first-order chi connectivity index (χ1) is 14.7. The summed E-state index contributed by atoms with van der Waals surface area (Å²) in [6.07, 6.45) is 2.24. The molecule has 31 heavy (non-hydrogen) atoms. The number of ether oxygens (including phenoxy) is 2. The molecule has 0 aliphatic carbocycles. The smallest absolute Gasteiger partial charge is 0.245 e. The Labute approximate surface area is 192 Å². The zero-order valence-electron chi connectivity index (χ0n) is 17.7. The SMILES string of the molecule is CCCCC(CC)C1OC2(c3ccc(Cl)cc3Cl)OC(=N)C(C#N)(C2C)C1(C#N)C#N. The fourth-order valence-electron chi connectivity index (χ4n) is 5.12. The van der Waals surface area contributed by atoms with Crippen molar-refractivity contribution in [2.45, 2.75) is 58.3 Å². The van der Waals surface area contributed by atoms with E-state index in [1.54, 1.807) is 25.1 Å². The van der Waals surface area contributed by atoms with E-state index in [9.17, 15) is 15.8 Å². The number of hydrogen-bond acceptors (Lipinski definition) is 6. The van der Waals surface area contributed by atoms with Gasteiger partial charge in [0.05, 0.1) is 35.3 Å². The van der Waals surface area contributed by atoms with Crippen LogP contribution in [-0.2, 0) is 15.3 Å². The van der Waals surface area contributed by atoms with Crippen molar-refractivity contribution >= 4 is 29.1 Å². The van der Waals surface area contributed by atoms with Crippen molar-refractivity contribution in [1.82, 2.24) is 0 Å². The molecule has 2 aliphatic rings. The van der Waals surface area contributed by atoms with Crippen molar-refractivity contribution < 1.29 is 9.47 Å². The topological polar surface area (TPSA) is 114 Å². The molecule has 6 nitrogen and oxygen atoms in total. The number of unbranched alkanes of at least 4 members (excludes halogenated alkanes) is 1. The summed E-state index contributed by atoms with van der Waals surface area (Å²) in [4.78, 5) is 0. The minimum absolute atomic E-state index is 0.181. The minimum Gasteiger partial charge on any atom is -0.443 e. The van der Waals surface area contributed by atoms with Gasteiger partial charge < -0.3 is 9.47 Å². The van der Waals surface area contributed by atoms with Crippen LogP contribution in [0.2, 0.25) is 10.0 Å². The van der Waals surface area contributed by atoms with Gasteiger partial charge in [0.15, 0.2) is 10.8 Å². The molecule has 1 aromatic rings. The average Bonchev–Trinajstić information content (AvgIpc) is 2.91. The molecule has 2 saturated heterocycles. The lowest BCUT2D eigenvalue weighted by Crippen LogP contribution is -2.62. The maximum atomic E-state index is 10.3. The third-order valence-electron chi connectivity index (χ3n) is 6.90. The molecule has 0 radical (unpaired) electrons. The molecule has 2 bridgehead atoms. The van der Waals surface area contributed by atoms with Crippen LogP contribution in [0, 0.1) is 62.1 Å². The number of nitrogens with zero attached hydrogens (tertiary/aromatic N) is 3. The molecule has 2 fully saturated rings. The van der Waals surface area contributed by atoms with Crippen LogP contribution >= 0.6 is 23.2 Å². The largest absolute Gasteiger partial charge is 0.443 e. The van der Waals surface area contributed by atoms with Crippen LogP contribution in [0.25, 0.3) is 0 Å². The summed E-state index contributed by atoms with van der Waals surface area (Å²) < 4.78 is 12.5. The number of halogens is 2. The average molecular weight is 459 g/mol. The van der Waals surface area contributed by atoms with Gasteiger partial charge in [-0.15, -0.1) is 0 Å². The van der Waals surface area contributed by atoms with E-state index in [1.807, 2.05) is 6.92 Å². The molecule has 5 unspecified atom stereocenters. The summed E-state index contributed by atoms with van der Waals surface area (Å²) in [5.41, 5.74) is -3.28. The quantitative estimate of drug-likeness (QED) is 0.565. The molecule has 8 heteroatoms. The first kappa shape index (κ1) is 23.4. The van der Waals surface area contributed by atoms with Crippen LogP contribution in [-0.4, -0.2) is 12.0 Å². The molecule has 0 saturated carbocycles. The highest BCUT2D eigenvalue weighted by molar-refractivity contribution is 6.35. The van der Waals surface area contributed by atoms with E-state index in [-0.39, 0.29) is 10.9 Å². The van der Waals surface area contributed by atoms with Crippen LogP contribution in [0.15, 0.2) is 18.2 Å².